The summed E-state index contributed by atoms with van der Waals surface area (Å²) in [6.07, 6.45) is 2.45. The molecule has 1 aromatic rings. The van der Waals surface area contributed by atoms with E-state index in [4.69, 9.17) is 10.5 Å². The summed E-state index contributed by atoms with van der Waals surface area (Å²) in [4.78, 5) is 4.64. The van der Waals surface area contributed by atoms with E-state index in [9.17, 15) is 0 Å². The number of aromatic nitrogens is 1. The summed E-state index contributed by atoms with van der Waals surface area (Å²) in [7, 11) is 4.28. The molecule has 0 bridgehead atoms. The van der Waals surface area contributed by atoms with Crippen molar-refractivity contribution < 1.29 is 4.74 Å². The Bertz CT molecular complexity index is 393. The first-order chi connectivity index (χ1) is 8.63. The molecule has 0 saturated carbocycles. The van der Waals surface area contributed by atoms with Crippen molar-refractivity contribution in [3.8, 4) is 5.75 Å². The minimum atomic E-state index is 0.517. The first-order valence-electron chi connectivity index (χ1n) is 6.42. The molecule has 1 aliphatic heterocycles. The van der Waals surface area contributed by atoms with Crippen LogP contribution in [0.3, 0.4) is 0 Å². The Morgan fingerprint density at radius 2 is 2.33 bits per heavy atom. The highest BCUT2D eigenvalue weighted by atomic mass is 32.1. The number of anilines is 2. The number of nitrogens with two attached hydrogens (primary N) is 1. The molecular weight excluding hydrogens is 248 g/mol. The van der Waals surface area contributed by atoms with Gasteiger partial charge in [-0.15, -0.1) is 0 Å². The molecule has 6 heteroatoms. The van der Waals surface area contributed by atoms with Crippen molar-refractivity contribution in [2.45, 2.75) is 25.8 Å². The van der Waals surface area contributed by atoms with Crippen LogP contribution >= 0.6 is 11.5 Å². The standard InChI is InChI=1S/C12H22N4OS/c1-4-17-10-11(13)14-18-12(10)16-7-5-6-9(8-16)15(2)3/h9H,4-8H2,1-3H3,(H2,13,14). The van der Waals surface area contributed by atoms with Crippen molar-refractivity contribution in [2.75, 3.05) is 44.4 Å². The quantitative estimate of drug-likeness (QED) is 0.901. The number of piperidine rings is 1. The molecule has 2 N–H and O–H groups in total. The Morgan fingerprint density at radius 3 is 3.00 bits per heavy atom. The van der Waals surface area contributed by atoms with Crippen molar-refractivity contribution in [3.05, 3.63) is 0 Å². The van der Waals surface area contributed by atoms with E-state index in [0.29, 0.717) is 18.5 Å². The van der Waals surface area contributed by atoms with Crippen LogP contribution in [0.25, 0.3) is 0 Å². The van der Waals surface area contributed by atoms with E-state index in [2.05, 4.69) is 28.3 Å². The van der Waals surface area contributed by atoms with Gasteiger partial charge in [-0.3, -0.25) is 0 Å². The molecule has 1 saturated heterocycles. The molecule has 1 aliphatic rings. The Kier molecular flexibility index (Phi) is 4.29. The summed E-state index contributed by atoms with van der Waals surface area (Å²) >= 11 is 1.44. The third kappa shape index (κ3) is 2.70. The summed E-state index contributed by atoms with van der Waals surface area (Å²) in [5.41, 5.74) is 5.87. The van der Waals surface area contributed by atoms with Gasteiger partial charge in [0, 0.05) is 19.1 Å². The van der Waals surface area contributed by atoms with Crippen molar-refractivity contribution in [1.82, 2.24) is 9.27 Å². The maximum absolute atomic E-state index is 5.87. The van der Waals surface area contributed by atoms with Crippen molar-refractivity contribution >= 4 is 22.4 Å². The fourth-order valence-electron chi connectivity index (χ4n) is 2.33. The van der Waals surface area contributed by atoms with E-state index in [1.807, 2.05) is 6.92 Å². The third-order valence-corrected chi connectivity index (χ3v) is 4.26. The van der Waals surface area contributed by atoms with E-state index in [0.717, 1.165) is 23.8 Å². The summed E-state index contributed by atoms with van der Waals surface area (Å²) in [5.74, 6) is 1.28. The maximum atomic E-state index is 5.87. The number of ether oxygens (including phenoxy) is 1. The topological polar surface area (TPSA) is 54.6 Å². The summed E-state index contributed by atoms with van der Waals surface area (Å²) in [6.45, 7) is 4.68. The number of rotatable bonds is 4. The molecule has 1 aromatic heterocycles. The van der Waals surface area contributed by atoms with Crippen LogP contribution in [0.1, 0.15) is 19.8 Å². The van der Waals surface area contributed by atoms with Gasteiger partial charge in [0.25, 0.3) is 0 Å². The number of nitrogens with zero attached hydrogens (tertiary/aromatic N) is 3. The average molecular weight is 270 g/mol. The van der Waals surface area contributed by atoms with Crippen molar-refractivity contribution in [3.63, 3.8) is 0 Å². The summed E-state index contributed by atoms with van der Waals surface area (Å²) in [6, 6.07) is 0.594. The smallest absolute Gasteiger partial charge is 0.197 e. The largest absolute Gasteiger partial charge is 0.487 e. The lowest BCUT2D eigenvalue weighted by Crippen LogP contribution is -2.45. The highest BCUT2D eigenvalue weighted by Gasteiger charge is 2.26. The number of likely N-dealkylation sites (N-methyl/N-ethyl adjacent to an activating group) is 1. The molecule has 1 atom stereocenters. The number of nitrogen functional groups attached to an aromatic ring is 1. The predicted octanol–water partition coefficient (Wildman–Crippen LogP) is 1.65. The van der Waals surface area contributed by atoms with Gasteiger partial charge in [0.2, 0.25) is 0 Å². The molecule has 2 heterocycles. The maximum Gasteiger partial charge on any atom is 0.197 e. The molecule has 5 nitrogen and oxygen atoms in total. The van der Waals surface area contributed by atoms with Gasteiger partial charge in [-0.1, -0.05) is 0 Å². The van der Waals surface area contributed by atoms with E-state index in [-0.39, 0.29) is 0 Å². The van der Waals surface area contributed by atoms with Gasteiger partial charge in [-0.2, -0.15) is 4.37 Å². The Balaban J connectivity index is 2.15. The normalized spacial score (nSPS) is 20.4. The van der Waals surface area contributed by atoms with Gasteiger partial charge in [-0.25, -0.2) is 0 Å². The molecule has 0 aliphatic carbocycles. The summed E-state index contributed by atoms with van der Waals surface area (Å²) in [5, 5.41) is 1.08. The van der Waals surface area contributed by atoms with Gasteiger partial charge < -0.3 is 20.3 Å². The second-order valence-electron chi connectivity index (χ2n) is 4.84. The van der Waals surface area contributed by atoms with Gasteiger partial charge in [0.05, 0.1) is 6.61 Å². The van der Waals surface area contributed by atoms with Crippen LogP contribution in [0.15, 0.2) is 0 Å². The SMILES string of the molecule is CCOc1c(N)nsc1N1CCCC(N(C)C)C1. The molecule has 102 valence electrons. The minimum Gasteiger partial charge on any atom is -0.487 e. The minimum absolute atomic E-state index is 0.517. The lowest BCUT2D eigenvalue weighted by atomic mass is 10.1. The third-order valence-electron chi connectivity index (χ3n) is 3.36. The first kappa shape index (κ1) is 13.4. The lowest BCUT2D eigenvalue weighted by Gasteiger charge is -2.36. The highest BCUT2D eigenvalue weighted by molar-refractivity contribution is 7.11. The molecule has 0 aromatic carbocycles. The Hall–Kier alpha value is -1.01. The van der Waals surface area contributed by atoms with Gasteiger partial charge >= 0.3 is 0 Å². The second kappa shape index (κ2) is 5.75. The van der Waals surface area contributed by atoms with Crippen LogP contribution in [0.2, 0.25) is 0 Å². The second-order valence-corrected chi connectivity index (χ2v) is 5.59. The monoisotopic (exact) mass is 270 g/mol. The molecule has 1 unspecified atom stereocenters. The lowest BCUT2D eigenvalue weighted by molar-refractivity contribution is 0.257. The van der Waals surface area contributed by atoms with Crippen LogP contribution in [0, 0.1) is 0 Å². The number of hydrogen-bond donors (Lipinski definition) is 1. The van der Waals surface area contributed by atoms with Crippen LogP contribution < -0.4 is 15.4 Å². The molecule has 18 heavy (non-hydrogen) atoms. The number of hydrogen-bond acceptors (Lipinski definition) is 6. The first-order valence-corrected chi connectivity index (χ1v) is 7.20. The molecular formula is C12H22N4OS. The molecule has 1 fully saturated rings. The van der Waals surface area contributed by atoms with Crippen LogP contribution in [0.5, 0.6) is 5.75 Å². The van der Waals surface area contributed by atoms with Crippen molar-refractivity contribution in [2.24, 2.45) is 0 Å². The van der Waals surface area contributed by atoms with E-state index in [1.165, 1.54) is 24.4 Å². The highest BCUT2D eigenvalue weighted by Crippen LogP contribution is 2.39. The van der Waals surface area contributed by atoms with E-state index >= 15 is 0 Å². The fourth-order valence-corrected chi connectivity index (χ4v) is 3.12. The molecule has 0 radical (unpaired) electrons. The predicted molar refractivity (Wildman–Crippen MR) is 76.6 cm³/mol. The van der Waals surface area contributed by atoms with Crippen LogP contribution in [-0.2, 0) is 0 Å². The van der Waals surface area contributed by atoms with E-state index < -0.39 is 0 Å². The van der Waals surface area contributed by atoms with E-state index in [1.54, 1.807) is 0 Å². The zero-order valence-corrected chi connectivity index (χ0v) is 12.2. The zero-order valence-electron chi connectivity index (χ0n) is 11.3. The van der Waals surface area contributed by atoms with Gasteiger partial charge in [-0.05, 0) is 45.4 Å². The Morgan fingerprint density at radius 1 is 1.56 bits per heavy atom. The Labute approximate surface area is 113 Å². The molecule has 0 spiro atoms. The average Bonchev–Trinajstić information content (AvgIpc) is 2.72. The van der Waals surface area contributed by atoms with Crippen LogP contribution in [0.4, 0.5) is 10.8 Å². The fraction of sp³-hybridized carbons (Fsp3) is 0.750. The van der Waals surface area contributed by atoms with Crippen molar-refractivity contribution in [1.29, 1.82) is 0 Å². The van der Waals surface area contributed by atoms with Crippen LogP contribution in [-0.4, -0.2) is 49.1 Å². The zero-order chi connectivity index (χ0) is 13.1. The van der Waals surface area contributed by atoms with Gasteiger partial charge in [0.1, 0.15) is 0 Å². The molecule has 2 rings (SSSR count). The molecule has 0 amide bonds. The van der Waals surface area contributed by atoms with Gasteiger partial charge in [0.15, 0.2) is 16.6 Å². The summed E-state index contributed by atoms with van der Waals surface area (Å²) < 4.78 is 9.84.